The smallest absolute Gasteiger partial charge is 0.318 e. The third-order valence-electron chi connectivity index (χ3n) is 6.00. The highest BCUT2D eigenvalue weighted by Gasteiger charge is 2.22. The van der Waals surface area contributed by atoms with Crippen molar-refractivity contribution in [1.29, 1.82) is 0 Å². The van der Waals surface area contributed by atoms with Gasteiger partial charge in [0, 0.05) is 5.56 Å². The van der Waals surface area contributed by atoms with E-state index in [0.29, 0.717) is 34.7 Å². The van der Waals surface area contributed by atoms with E-state index in [1.807, 2.05) is 54.6 Å². The van der Waals surface area contributed by atoms with Gasteiger partial charge in [-0.1, -0.05) is 48.9 Å². The summed E-state index contributed by atoms with van der Waals surface area (Å²) < 4.78 is 12.0. The van der Waals surface area contributed by atoms with Gasteiger partial charge in [0.1, 0.15) is 18.1 Å². The van der Waals surface area contributed by atoms with Gasteiger partial charge >= 0.3 is 6.01 Å². The van der Waals surface area contributed by atoms with Gasteiger partial charge in [-0.25, -0.2) is 4.98 Å². The molecule has 35 heavy (non-hydrogen) atoms. The van der Waals surface area contributed by atoms with Crippen LogP contribution in [0.3, 0.4) is 0 Å². The highest BCUT2D eigenvalue weighted by Crippen LogP contribution is 2.36. The van der Waals surface area contributed by atoms with Crippen LogP contribution in [0, 0.1) is 5.92 Å². The second-order valence-electron chi connectivity index (χ2n) is 8.59. The third-order valence-corrected chi connectivity index (χ3v) is 6.32. The van der Waals surface area contributed by atoms with Crippen LogP contribution in [-0.2, 0) is 13.0 Å². The highest BCUT2D eigenvalue weighted by atomic mass is 35.5. The normalized spacial score (nSPS) is 13.0. The predicted molar refractivity (Wildman–Crippen MR) is 136 cm³/mol. The van der Waals surface area contributed by atoms with Gasteiger partial charge in [0.2, 0.25) is 0 Å². The molecule has 0 amide bonds. The van der Waals surface area contributed by atoms with Crippen LogP contribution in [-0.4, -0.2) is 26.7 Å². The Hall–Kier alpha value is -3.64. The quantitative estimate of drug-likeness (QED) is 0.290. The van der Waals surface area contributed by atoms with E-state index in [4.69, 9.17) is 21.1 Å². The molecular weight excluding hydrogens is 462 g/mol. The first-order valence-electron chi connectivity index (χ1n) is 11.8. The Kier molecular flexibility index (Phi) is 6.82. The van der Waals surface area contributed by atoms with Gasteiger partial charge in [-0.2, -0.15) is 9.97 Å². The zero-order valence-electron chi connectivity index (χ0n) is 19.4. The average Bonchev–Trinajstić information content (AvgIpc) is 3.71. The predicted octanol–water partition coefficient (Wildman–Crippen LogP) is 6.49. The van der Waals surface area contributed by atoms with Gasteiger partial charge in [0.25, 0.3) is 0 Å². The average molecular weight is 488 g/mol. The fraction of sp³-hybridized carbons (Fsp3) is 0.250. The van der Waals surface area contributed by atoms with Crippen molar-refractivity contribution in [3.05, 3.63) is 82.9 Å². The zero-order valence-corrected chi connectivity index (χ0v) is 20.2. The summed E-state index contributed by atoms with van der Waals surface area (Å²) in [5, 5.41) is 10.7. The number of hydrogen-bond donors (Lipinski definition) is 1. The maximum absolute atomic E-state index is 10.3. The molecule has 1 N–H and O–H groups in total. The van der Waals surface area contributed by atoms with Gasteiger partial charge in [-0.3, -0.25) is 0 Å². The molecule has 6 nitrogen and oxygen atoms in total. The molecule has 0 aliphatic heterocycles. The van der Waals surface area contributed by atoms with Crippen molar-refractivity contribution in [2.75, 3.05) is 6.61 Å². The van der Waals surface area contributed by atoms with Crippen LogP contribution in [0.2, 0.25) is 5.02 Å². The second-order valence-corrected chi connectivity index (χ2v) is 8.99. The topological polar surface area (TPSA) is 77.4 Å². The Bertz CT molecular complexity index is 1320. The number of aryl methyl sites for hydroxylation is 1. The van der Waals surface area contributed by atoms with E-state index in [2.05, 4.69) is 27.9 Å². The lowest BCUT2D eigenvalue weighted by atomic mass is 10.1. The first kappa shape index (κ1) is 23.1. The zero-order chi connectivity index (χ0) is 24.2. The Balaban J connectivity index is 1.43. The number of ether oxygens (including phenoxy) is 2. The summed E-state index contributed by atoms with van der Waals surface area (Å²) in [6.45, 7) is 3.24. The van der Waals surface area contributed by atoms with Crippen molar-refractivity contribution in [2.24, 2.45) is 5.92 Å². The van der Waals surface area contributed by atoms with Crippen molar-refractivity contribution in [1.82, 2.24) is 15.0 Å². The lowest BCUT2D eigenvalue weighted by Crippen LogP contribution is -2.03. The molecule has 1 heterocycles. The van der Waals surface area contributed by atoms with E-state index in [-0.39, 0.29) is 11.8 Å². The standard InChI is InChI=1S/C28H26ClN3O3/c1-2-19-6-3-4-7-21(19)17-35-24-9-5-8-23(29)25(24)27-30-26(31-28(33)32-27)20-12-14-22(15-13-20)34-16-18-10-11-18/h3-9,12-15,18H,2,10-11,16-17H2,1H3,(H,30,31,32,33). The lowest BCUT2D eigenvalue weighted by Gasteiger charge is -2.14. The Labute approximate surface area is 209 Å². The van der Waals surface area contributed by atoms with Gasteiger partial charge in [0.15, 0.2) is 11.6 Å². The summed E-state index contributed by atoms with van der Waals surface area (Å²) in [5.41, 5.74) is 3.56. The molecule has 4 aromatic rings. The van der Waals surface area contributed by atoms with E-state index in [0.717, 1.165) is 29.9 Å². The minimum Gasteiger partial charge on any atom is -0.493 e. The van der Waals surface area contributed by atoms with Crippen LogP contribution < -0.4 is 9.47 Å². The number of aromatic hydroxyl groups is 1. The molecule has 1 aliphatic rings. The van der Waals surface area contributed by atoms with Gasteiger partial charge in [0.05, 0.1) is 17.2 Å². The molecule has 1 fully saturated rings. The van der Waals surface area contributed by atoms with Crippen molar-refractivity contribution in [3.8, 4) is 40.3 Å². The van der Waals surface area contributed by atoms with Crippen LogP contribution in [0.25, 0.3) is 22.8 Å². The summed E-state index contributed by atoms with van der Waals surface area (Å²) in [6.07, 6.45) is 3.39. The molecule has 178 valence electrons. The minimum atomic E-state index is -0.388. The number of nitrogens with zero attached hydrogens (tertiary/aromatic N) is 3. The fourth-order valence-corrected chi connectivity index (χ4v) is 4.10. The molecule has 1 aromatic heterocycles. The van der Waals surface area contributed by atoms with Crippen LogP contribution in [0.1, 0.15) is 30.9 Å². The molecule has 1 saturated carbocycles. The van der Waals surface area contributed by atoms with Crippen molar-refractivity contribution in [3.63, 3.8) is 0 Å². The largest absolute Gasteiger partial charge is 0.493 e. The summed E-state index contributed by atoms with van der Waals surface area (Å²) in [6, 6.07) is 20.7. The molecule has 0 atom stereocenters. The Morgan fingerprint density at radius 2 is 1.60 bits per heavy atom. The number of hydrogen-bond acceptors (Lipinski definition) is 6. The third kappa shape index (κ3) is 5.54. The molecule has 0 spiro atoms. The number of benzene rings is 3. The molecule has 0 bridgehead atoms. The van der Waals surface area contributed by atoms with Crippen molar-refractivity contribution >= 4 is 11.6 Å². The van der Waals surface area contributed by atoms with Crippen LogP contribution in [0.4, 0.5) is 0 Å². The highest BCUT2D eigenvalue weighted by molar-refractivity contribution is 6.33. The van der Waals surface area contributed by atoms with Gasteiger partial charge < -0.3 is 14.6 Å². The van der Waals surface area contributed by atoms with Crippen molar-refractivity contribution in [2.45, 2.75) is 32.8 Å². The second kappa shape index (κ2) is 10.3. The first-order valence-corrected chi connectivity index (χ1v) is 12.1. The molecule has 5 rings (SSSR count). The number of halogens is 1. The van der Waals surface area contributed by atoms with E-state index < -0.39 is 0 Å². The monoisotopic (exact) mass is 487 g/mol. The van der Waals surface area contributed by atoms with E-state index >= 15 is 0 Å². The lowest BCUT2D eigenvalue weighted by molar-refractivity contribution is 0.300. The molecule has 0 saturated heterocycles. The Morgan fingerprint density at radius 1 is 0.857 bits per heavy atom. The molecular formula is C28H26ClN3O3. The molecule has 0 radical (unpaired) electrons. The van der Waals surface area contributed by atoms with Gasteiger partial charge in [-0.05, 0) is 72.7 Å². The SMILES string of the molecule is CCc1ccccc1COc1cccc(Cl)c1-c1nc(O)nc(-c2ccc(OCC3CC3)cc2)n1. The van der Waals surface area contributed by atoms with Gasteiger partial charge in [-0.15, -0.1) is 0 Å². The summed E-state index contributed by atoms with van der Waals surface area (Å²) in [4.78, 5) is 12.9. The summed E-state index contributed by atoms with van der Waals surface area (Å²) >= 11 is 6.56. The maximum Gasteiger partial charge on any atom is 0.318 e. The van der Waals surface area contributed by atoms with E-state index in [1.165, 1.54) is 18.4 Å². The maximum atomic E-state index is 10.3. The minimum absolute atomic E-state index is 0.242. The summed E-state index contributed by atoms with van der Waals surface area (Å²) in [7, 11) is 0. The van der Waals surface area contributed by atoms with Crippen LogP contribution in [0.5, 0.6) is 17.5 Å². The first-order chi connectivity index (χ1) is 17.1. The van der Waals surface area contributed by atoms with Crippen molar-refractivity contribution < 1.29 is 14.6 Å². The molecule has 3 aromatic carbocycles. The number of rotatable bonds is 9. The van der Waals surface area contributed by atoms with E-state index in [1.54, 1.807) is 6.07 Å². The van der Waals surface area contributed by atoms with Crippen LogP contribution >= 0.6 is 11.6 Å². The Morgan fingerprint density at radius 3 is 2.34 bits per heavy atom. The summed E-state index contributed by atoms with van der Waals surface area (Å²) in [5.74, 6) is 2.59. The molecule has 0 unspecified atom stereocenters. The molecule has 7 heteroatoms. The fourth-order valence-electron chi connectivity index (χ4n) is 3.84. The van der Waals surface area contributed by atoms with E-state index in [9.17, 15) is 5.11 Å². The van der Waals surface area contributed by atoms with Crippen LogP contribution in [0.15, 0.2) is 66.7 Å². The number of aromatic nitrogens is 3. The molecule has 1 aliphatic carbocycles.